The summed E-state index contributed by atoms with van der Waals surface area (Å²) in [5.41, 5.74) is -0.208. The molecule has 118 valence electrons. The van der Waals surface area contributed by atoms with E-state index >= 15 is 0 Å². The summed E-state index contributed by atoms with van der Waals surface area (Å²) in [6.07, 6.45) is 0. The zero-order valence-electron chi connectivity index (χ0n) is 12.1. The Balaban J connectivity index is 2.21. The fraction of sp³-hybridized carbons (Fsp3) is 0.286. The van der Waals surface area contributed by atoms with Crippen LogP contribution in [0.2, 0.25) is 0 Å². The molecule has 0 spiro atoms. The quantitative estimate of drug-likeness (QED) is 0.634. The summed E-state index contributed by atoms with van der Waals surface area (Å²) >= 11 is 0. The SMILES string of the molecule is COCCNc1cc(Nc2ccc(F)c(F)c2F)nc(C)n1. The number of halogens is 3. The van der Waals surface area contributed by atoms with Crippen molar-refractivity contribution >= 4 is 17.3 Å². The zero-order valence-corrected chi connectivity index (χ0v) is 12.1. The van der Waals surface area contributed by atoms with Gasteiger partial charge in [0.15, 0.2) is 17.5 Å². The highest BCUT2D eigenvalue weighted by Crippen LogP contribution is 2.23. The number of ether oxygens (including phenoxy) is 1. The molecule has 1 aromatic heterocycles. The number of rotatable bonds is 6. The third kappa shape index (κ3) is 3.85. The molecule has 2 rings (SSSR count). The number of nitrogens with one attached hydrogen (secondary N) is 2. The maximum Gasteiger partial charge on any atom is 0.196 e. The molecule has 0 saturated heterocycles. The Hall–Kier alpha value is -2.35. The molecule has 0 saturated carbocycles. The van der Waals surface area contributed by atoms with Gasteiger partial charge in [0, 0.05) is 19.7 Å². The van der Waals surface area contributed by atoms with Gasteiger partial charge in [-0.25, -0.2) is 23.1 Å². The molecule has 22 heavy (non-hydrogen) atoms. The molecule has 0 amide bonds. The topological polar surface area (TPSA) is 59.1 Å². The van der Waals surface area contributed by atoms with Gasteiger partial charge in [-0.3, -0.25) is 0 Å². The minimum atomic E-state index is -1.53. The molecule has 2 N–H and O–H groups in total. The molecule has 0 fully saturated rings. The molecule has 0 aliphatic carbocycles. The van der Waals surface area contributed by atoms with Crippen LogP contribution >= 0.6 is 0 Å². The molecule has 0 radical (unpaired) electrons. The van der Waals surface area contributed by atoms with E-state index in [4.69, 9.17) is 4.74 Å². The molecule has 1 heterocycles. The Morgan fingerprint density at radius 1 is 1.09 bits per heavy atom. The van der Waals surface area contributed by atoms with Gasteiger partial charge < -0.3 is 15.4 Å². The average molecular weight is 312 g/mol. The van der Waals surface area contributed by atoms with Crippen LogP contribution in [0.15, 0.2) is 18.2 Å². The number of aryl methyl sites for hydroxylation is 1. The van der Waals surface area contributed by atoms with E-state index in [1.165, 1.54) is 6.07 Å². The van der Waals surface area contributed by atoms with E-state index in [1.807, 2.05) is 0 Å². The van der Waals surface area contributed by atoms with Gasteiger partial charge in [0.25, 0.3) is 0 Å². The van der Waals surface area contributed by atoms with Gasteiger partial charge in [-0.15, -0.1) is 0 Å². The van der Waals surface area contributed by atoms with Crippen molar-refractivity contribution in [2.24, 2.45) is 0 Å². The lowest BCUT2D eigenvalue weighted by Crippen LogP contribution is -2.10. The predicted octanol–water partition coefficient (Wildman–Crippen LogP) is 3.00. The van der Waals surface area contributed by atoms with Crippen LogP contribution in [-0.4, -0.2) is 30.2 Å². The molecule has 0 bridgehead atoms. The van der Waals surface area contributed by atoms with Crippen molar-refractivity contribution in [3.8, 4) is 0 Å². The van der Waals surface area contributed by atoms with Crippen LogP contribution in [0.25, 0.3) is 0 Å². The number of anilines is 3. The maximum absolute atomic E-state index is 13.6. The lowest BCUT2D eigenvalue weighted by Gasteiger charge is -2.11. The molecule has 0 unspecified atom stereocenters. The molecule has 2 aromatic rings. The fourth-order valence-corrected chi connectivity index (χ4v) is 1.76. The second kappa shape index (κ2) is 7.08. The Labute approximate surface area is 125 Å². The fourth-order valence-electron chi connectivity index (χ4n) is 1.76. The Morgan fingerprint density at radius 3 is 2.55 bits per heavy atom. The first-order chi connectivity index (χ1) is 10.5. The van der Waals surface area contributed by atoms with Gasteiger partial charge in [-0.05, 0) is 19.1 Å². The molecule has 8 heteroatoms. The monoisotopic (exact) mass is 312 g/mol. The number of hydrogen-bond acceptors (Lipinski definition) is 5. The number of nitrogens with zero attached hydrogens (tertiary/aromatic N) is 2. The third-order valence-corrected chi connectivity index (χ3v) is 2.75. The molecule has 0 aliphatic heterocycles. The van der Waals surface area contributed by atoms with Gasteiger partial charge in [0.2, 0.25) is 0 Å². The van der Waals surface area contributed by atoms with Crippen LogP contribution in [0.4, 0.5) is 30.5 Å². The van der Waals surface area contributed by atoms with Crippen molar-refractivity contribution in [2.45, 2.75) is 6.92 Å². The maximum atomic E-state index is 13.6. The van der Waals surface area contributed by atoms with Crippen molar-refractivity contribution in [2.75, 3.05) is 30.9 Å². The lowest BCUT2D eigenvalue weighted by atomic mass is 10.2. The summed E-state index contributed by atoms with van der Waals surface area (Å²) in [5, 5.41) is 5.61. The third-order valence-electron chi connectivity index (χ3n) is 2.75. The highest BCUT2D eigenvalue weighted by molar-refractivity contribution is 5.60. The van der Waals surface area contributed by atoms with Crippen LogP contribution in [-0.2, 0) is 4.74 Å². The molecule has 1 aromatic carbocycles. The van der Waals surface area contributed by atoms with Crippen molar-refractivity contribution < 1.29 is 17.9 Å². The Bertz CT molecular complexity index is 667. The number of benzene rings is 1. The van der Waals surface area contributed by atoms with E-state index < -0.39 is 17.5 Å². The molecule has 5 nitrogen and oxygen atoms in total. The number of methoxy groups -OCH3 is 1. The van der Waals surface area contributed by atoms with Gasteiger partial charge in [0.1, 0.15) is 17.5 Å². The van der Waals surface area contributed by atoms with Crippen molar-refractivity contribution in [1.29, 1.82) is 0 Å². The zero-order chi connectivity index (χ0) is 16.1. The lowest BCUT2D eigenvalue weighted by molar-refractivity contribution is 0.210. The van der Waals surface area contributed by atoms with Crippen molar-refractivity contribution in [3.63, 3.8) is 0 Å². The van der Waals surface area contributed by atoms with Gasteiger partial charge in [-0.2, -0.15) is 0 Å². The normalized spacial score (nSPS) is 10.6. The van der Waals surface area contributed by atoms with Crippen LogP contribution in [0.3, 0.4) is 0 Å². The minimum Gasteiger partial charge on any atom is -0.383 e. The first-order valence-corrected chi connectivity index (χ1v) is 6.50. The summed E-state index contributed by atoms with van der Waals surface area (Å²) in [5.74, 6) is -2.87. The summed E-state index contributed by atoms with van der Waals surface area (Å²) in [6.45, 7) is 2.68. The van der Waals surface area contributed by atoms with Crippen LogP contribution in [0.1, 0.15) is 5.82 Å². The van der Waals surface area contributed by atoms with Crippen LogP contribution in [0.5, 0.6) is 0 Å². The molecular weight excluding hydrogens is 297 g/mol. The Kier molecular flexibility index (Phi) is 5.16. The van der Waals surface area contributed by atoms with Gasteiger partial charge in [0.05, 0.1) is 12.3 Å². The van der Waals surface area contributed by atoms with E-state index in [9.17, 15) is 13.2 Å². The van der Waals surface area contributed by atoms with Gasteiger partial charge in [-0.1, -0.05) is 0 Å². The highest BCUT2D eigenvalue weighted by Gasteiger charge is 2.14. The van der Waals surface area contributed by atoms with E-state index in [0.29, 0.717) is 24.8 Å². The largest absolute Gasteiger partial charge is 0.383 e. The highest BCUT2D eigenvalue weighted by atomic mass is 19.2. The van der Waals surface area contributed by atoms with Crippen LogP contribution in [0, 0.1) is 24.4 Å². The van der Waals surface area contributed by atoms with Crippen molar-refractivity contribution in [3.05, 3.63) is 41.5 Å². The van der Waals surface area contributed by atoms with Crippen LogP contribution < -0.4 is 10.6 Å². The van der Waals surface area contributed by atoms with E-state index in [2.05, 4.69) is 20.6 Å². The molecule has 0 aliphatic rings. The summed E-state index contributed by atoms with van der Waals surface area (Å²) in [6, 6.07) is 3.47. The summed E-state index contributed by atoms with van der Waals surface area (Å²) < 4.78 is 44.7. The molecule has 0 atom stereocenters. The van der Waals surface area contributed by atoms with Gasteiger partial charge >= 0.3 is 0 Å². The molecular formula is C14H15F3N4O. The van der Waals surface area contributed by atoms with E-state index in [0.717, 1.165) is 12.1 Å². The first-order valence-electron chi connectivity index (χ1n) is 6.50. The van der Waals surface area contributed by atoms with E-state index in [1.54, 1.807) is 14.0 Å². The number of aromatic nitrogens is 2. The average Bonchev–Trinajstić information content (AvgIpc) is 2.48. The van der Waals surface area contributed by atoms with Crippen molar-refractivity contribution in [1.82, 2.24) is 9.97 Å². The predicted molar refractivity (Wildman–Crippen MR) is 76.7 cm³/mol. The second-order valence-electron chi connectivity index (χ2n) is 4.45. The van der Waals surface area contributed by atoms with E-state index in [-0.39, 0.29) is 11.5 Å². The first kappa shape index (κ1) is 16.0. The Morgan fingerprint density at radius 2 is 1.82 bits per heavy atom. The number of hydrogen-bond donors (Lipinski definition) is 2. The second-order valence-corrected chi connectivity index (χ2v) is 4.45. The summed E-state index contributed by atoms with van der Waals surface area (Å²) in [4.78, 5) is 8.23. The minimum absolute atomic E-state index is 0.208. The summed E-state index contributed by atoms with van der Waals surface area (Å²) in [7, 11) is 1.58. The smallest absolute Gasteiger partial charge is 0.196 e. The standard InChI is InChI=1S/C14H15F3N4O/c1-8-19-11(18-5-6-22-2)7-12(20-8)21-10-4-3-9(15)13(16)14(10)17/h3-4,7H,5-6H2,1-2H3,(H2,18,19,20,21).